The maximum absolute atomic E-state index is 12.1. The van der Waals surface area contributed by atoms with Gasteiger partial charge in [-0.1, -0.05) is 17.7 Å². The maximum atomic E-state index is 12.1. The Balaban J connectivity index is 1.59. The number of nitrogens with zero attached hydrogens (tertiary/aromatic N) is 1. The van der Waals surface area contributed by atoms with Gasteiger partial charge in [-0.3, -0.25) is 4.79 Å². The third-order valence-electron chi connectivity index (χ3n) is 3.95. The molecular weight excluding hydrogens is 364 g/mol. The van der Waals surface area contributed by atoms with Crippen LogP contribution in [0, 0.1) is 6.92 Å². The number of carbonyl (C=O) groups excluding carboxylic acids is 1. The second kappa shape index (κ2) is 7.13. The van der Waals surface area contributed by atoms with Gasteiger partial charge in [0.15, 0.2) is 5.58 Å². The smallest absolute Gasteiger partial charge is 0.248 e. The Kier molecular flexibility index (Phi) is 4.52. The summed E-state index contributed by atoms with van der Waals surface area (Å²) < 4.78 is 11.0. The molecule has 0 saturated heterocycles. The lowest BCUT2D eigenvalue weighted by molar-refractivity contribution is -0.111. The van der Waals surface area contributed by atoms with E-state index in [4.69, 9.17) is 20.4 Å². The van der Waals surface area contributed by atoms with Gasteiger partial charge in [-0.15, -0.1) is 0 Å². The molecule has 0 aliphatic carbocycles. The average Bonchev–Trinajstić information content (AvgIpc) is 3.30. The van der Waals surface area contributed by atoms with Gasteiger partial charge in [-0.2, -0.15) is 0 Å². The van der Waals surface area contributed by atoms with E-state index in [1.807, 2.05) is 25.1 Å². The van der Waals surface area contributed by atoms with Gasteiger partial charge in [0, 0.05) is 11.8 Å². The molecule has 2 heterocycles. The van der Waals surface area contributed by atoms with E-state index in [1.165, 1.54) is 6.08 Å². The second-order valence-electron chi connectivity index (χ2n) is 6.02. The molecule has 2 aromatic heterocycles. The molecule has 6 heteroatoms. The quantitative estimate of drug-likeness (QED) is 0.462. The number of carbonyl (C=O) groups is 1. The number of aryl methyl sites for hydroxylation is 1. The molecule has 4 rings (SSSR count). The summed E-state index contributed by atoms with van der Waals surface area (Å²) in [6.07, 6.45) is 4.54. The Morgan fingerprint density at radius 3 is 2.89 bits per heavy atom. The summed E-state index contributed by atoms with van der Waals surface area (Å²) in [5.41, 5.74) is 3.73. The van der Waals surface area contributed by atoms with Crippen LogP contribution in [0.5, 0.6) is 0 Å². The number of hydrogen-bond donors (Lipinski definition) is 1. The van der Waals surface area contributed by atoms with Crippen molar-refractivity contribution in [1.82, 2.24) is 4.98 Å². The van der Waals surface area contributed by atoms with Crippen LogP contribution in [0.4, 0.5) is 5.69 Å². The number of oxazole rings is 1. The largest absolute Gasteiger partial charge is 0.465 e. The fraction of sp³-hybridized carbons (Fsp3) is 0.0476. The first-order valence-corrected chi connectivity index (χ1v) is 8.66. The van der Waals surface area contributed by atoms with Crippen LogP contribution in [-0.4, -0.2) is 10.9 Å². The number of nitrogens with one attached hydrogen (secondary N) is 1. The Hall–Kier alpha value is -3.31. The van der Waals surface area contributed by atoms with Gasteiger partial charge in [0.05, 0.1) is 16.8 Å². The number of furan rings is 1. The molecule has 0 fully saturated rings. The molecule has 0 aliphatic heterocycles. The third-order valence-corrected chi connectivity index (χ3v) is 4.28. The summed E-state index contributed by atoms with van der Waals surface area (Å²) in [6, 6.07) is 14.4. The number of rotatable bonds is 4. The van der Waals surface area contributed by atoms with Gasteiger partial charge in [0.1, 0.15) is 11.3 Å². The van der Waals surface area contributed by atoms with Gasteiger partial charge < -0.3 is 14.2 Å². The normalized spacial score (nSPS) is 11.3. The molecule has 4 aromatic rings. The number of halogens is 1. The highest BCUT2D eigenvalue weighted by atomic mass is 35.5. The van der Waals surface area contributed by atoms with Crippen LogP contribution in [0.3, 0.4) is 0 Å². The van der Waals surface area contributed by atoms with Crippen molar-refractivity contribution >= 4 is 40.4 Å². The molecule has 0 aliphatic rings. The molecular formula is C21H15ClN2O3. The van der Waals surface area contributed by atoms with Crippen molar-refractivity contribution in [3.8, 4) is 11.5 Å². The zero-order chi connectivity index (χ0) is 18.8. The van der Waals surface area contributed by atoms with Gasteiger partial charge in [0.2, 0.25) is 11.8 Å². The molecule has 5 nitrogen and oxygen atoms in total. The topological polar surface area (TPSA) is 68.3 Å². The second-order valence-corrected chi connectivity index (χ2v) is 6.43. The fourth-order valence-corrected chi connectivity index (χ4v) is 2.85. The first-order valence-electron chi connectivity index (χ1n) is 8.28. The third kappa shape index (κ3) is 3.78. The maximum Gasteiger partial charge on any atom is 0.248 e. The van der Waals surface area contributed by atoms with Crippen molar-refractivity contribution in [2.24, 2.45) is 0 Å². The van der Waals surface area contributed by atoms with E-state index in [1.54, 1.807) is 42.7 Å². The highest BCUT2D eigenvalue weighted by molar-refractivity contribution is 6.33. The van der Waals surface area contributed by atoms with Crippen molar-refractivity contribution in [2.45, 2.75) is 6.92 Å². The average molecular weight is 379 g/mol. The minimum atomic E-state index is -0.284. The fourth-order valence-electron chi connectivity index (χ4n) is 2.65. The van der Waals surface area contributed by atoms with Crippen molar-refractivity contribution < 1.29 is 13.6 Å². The van der Waals surface area contributed by atoms with Crippen LogP contribution in [0.2, 0.25) is 5.02 Å². The molecule has 1 N–H and O–H groups in total. The molecule has 134 valence electrons. The number of anilines is 1. The van der Waals surface area contributed by atoms with Crippen LogP contribution < -0.4 is 5.32 Å². The summed E-state index contributed by atoms with van der Waals surface area (Å²) in [6.45, 7) is 1.99. The zero-order valence-electron chi connectivity index (χ0n) is 14.4. The summed E-state index contributed by atoms with van der Waals surface area (Å²) in [5, 5.41) is 3.28. The molecule has 2 aromatic carbocycles. The first-order chi connectivity index (χ1) is 13.1. The van der Waals surface area contributed by atoms with Crippen molar-refractivity contribution in [3.63, 3.8) is 0 Å². The standard InChI is InChI=1S/C21H15ClN2O3/c1-13-4-8-19-18(11-13)24-21(27-19)16-12-14(5-7-17(16)22)23-20(25)9-6-15-3-2-10-26-15/h2-12H,1H3,(H,23,25)/b9-6+. The van der Waals surface area contributed by atoms with Crippen LogP contribution in [0.15, 0.2) is 69.7 Å². The van der Waals surface area contributed by atoms with Gasteiger partial charge in [-0.25, -0.2) is 4.98 Å². The number of amides is 1. The summed E-state index contributed by atoms with van der Waals surface area (Å²) in [5.74, 6) is 0.722. The molecule has 0 bridgehead atoms. The monoisotopic (exact) mass is 378 g/mol. The van der Waals surface area contributed by atoms with Gasteiger partial charge in [0.25, 0.3) is 0 Å². The number of aromatic nitrogens is 1. The zero-order valence-corrected chi connectivity index (χ0v) is 15.2. The lowest BCUT2D eigenvalue weighted by Gasteiger charge is -2.05. The van der Waals surface area contributed by atoms with E-state index in [2.05, 4.69) is 10.3 Å². The Bertz CT molecular complexity index is 1140. The summed E-state index contributed by atoms with van der Waals surface area (Å²) >= 11 is 6.32. The van der Waals surface area contributed by atoms with Gasteiger partial charge in [-0.05, 0) is 61.0 Å². The van der Waals surface area contributed by atoms with Crippen LogP contribution in [0.1, 0.15) is 11.3 Å². The predicted molar refractivity (Wildman–Crippen MR) is 106 cm³/mol. The lowest BCUT2D eigenvalue weighted by atomic mass is 10.2. The highest BCUT2D eigenvalue weighted by Crippen LogP contribution is 2.32. The summed E-state index contributed by atoms with van der Waals surface area (Å²) in [7, 11) is 0. The number of benzene rings is 2. The number of fused-ring (bicyclic) bond motifs is 1. The highest BCUT2D eigenvalue weighted by Gasteiger charge is 2.13. The predicted octanol–water partition coefficient (Wildman–Crippen LogP) is 5.70. The van der Waals surface area contributed by atoms with Crippen LogP contribution >= 0.6 is 11.6 Å². The first kappa shape index (κ1) is 17.1. The molecule has 0 unspecified atom stereocenters. The molecule has 0 saturated carbocycles. The molecule has 0 spiro atoms. The van der Waals surface area contributed by atoms with Gasteiger partial charge >= 0.3 is 0 Å². The van der Waals surface area contributed by atoms with E-state index >= 15 is 0 Å². The van der Waals surface area contributed by atoms with E-state index in [0.717, 1.165) is 11.1 Å². The molecule has 0 radical (unpaired) electrons. The van der Waals surface area contributed by atoms with E-state index < -0.39 is 0 Å². The van der Waals surface area contributed by atoms with Crippen molar-refractivity contribution in [3.05, 3.63) is 77.2 Å². The molecule has 27 heavy (non-hydrogen) atoms. The SMILES string of the molecule is Cc1ccc2oc(-c3cc(NC(=O)/C=C/c4ccco4)ccc3Cl)nc2c1. The van der Waals surface area contributed by atoms with E-state index in [-0.39, 0.29) is 5.91 Å². The molecule has 0 atom stereocenters. The Labute approximate surface area is 160 Å². The minimum absolute atomic E-state index is 0.284. The van der Waals surface area contributed by atoms with Crippen LogP contribution in [0.25, 0.3) is 28.6 Å². The molecule has 1 amide bonds. The minimum Gasteiger partial charge on any atom is -0.465 e. The Morgan fingerprint density at radius 2 is 2.07 bits per heavy atom. The van der Waals surface area contributed by atoms with Crippen molar-refractivity contribution in [1.29, 1.82) is 0 Å². The van der Waals surface area contributed by atoms with Crippen LogP contribution in [-0.2, 0) is 4.79 Å². The van der Waals surface area contributed by atoms with E-state index in [9.17, 15) is 4.79 Å². The summed E-state index contributed by atoms with van der Waals surface area (Å²) in [4.78, 5) is 16.6. The number of hydrogen-bond acceptors (Lipinski definition) is 4. The van der Waals surface area contributed by atoms with Crippen molar-refractivity contribution in [2.75, 3.05) is 5.32 Å². The Morgan fingerprint density at radius 1 is 1.19 bits per heavy atom. The lowest BCUT2D eigenvalue weighted by Crippen LogP contribution is -2.07. The van der Waals surface area contributed by atoms with E-state index in [0.29, 0.717) is 33.5 Å².